The number of hydrogen-bond donors (Lipinski definition) is 1. The molecule has 6 nitrogen and oxygen atoms in total. The molecule has 1 atom stereocenters. The van der Waals surface area contributed by atoms with Crippen LogP contribution in [0.2, 0.25) is 5.02 Å². The summed E-state index contributed by atoms with van der Waals surface area (Å²) in [4.78, 5) is 19.0. The van der Waals surface area contributed by atoms with E-state index in [2.05, 4.69) is 27.3 Å². The lowest BCUT2D eigenvalue weighted by atomic mass is 10.0. The molecule has 1 saturated heterocycles. The minimum atomic E-state index is -0.00827. The number of nitrogens with zero attached hydrogens (tertiary/aromatic N) is 3. The van der Waals surface area contributed by atoms with E-state index in [-0.39, 0.29) is 11.9 Å². The van der Waals surface area contributed by atoms with E-state index in [1.807, 2.05) is 12.1 Å². The van der Waals surface area contributed by atoms with E-state index in [0.29, 0.717) is 29.7 Å². The first-order valence-electron chi connectivity index (χ1n) is 8.77. The number of nitrogens with one attached hydrogen (secondary N) is 1. The Labute approximate surface area is 152 Å². The molecule has 1 N–H and O–H groups in total. The number of hydrogen-bond acceptors (Lipinski definition) is 5. The Morgan fingerprint density at radius 1 is 1.36 bits per heavy atom. The van der Waals surface area contributed by atoms with Crippen LogP contribution in [0.1, 0.15) is 32.1 Å². The molecule has 2 heterocycles. The van der Waals surface area contributed by atoms with Gasteiger partial charge in [-0.3, -0.25) is 9.69 Å². The summed E-state index contributed by atoms with van der Waals surface area (Å²) in [5.74, 6) is 1.14. The molecule has 1 fully saturated rings. The first-order chi connectivity index (χ1) is 12.2. The summed E-state index contributed by atoms with van der Waals surface area (Å²) < 4.78 is 5.26. The van der Waals surface area contributed by atoms with Crippen molar-refractivity contribution in [3.05, 3.63) is 35.2 Å². The predicted octanol–water partition coefficient (Wildman–Crippen LogP) is 2.92. The summed E-state index contributed by atoms with van der Waals surface area (Å²) in [6, 6.07) is 7.27. The van der Waals surface area contributed by atoms with Crippen LogP contribution < -0.4 is 5.32 Å². The lowest BCUT2D eigenvalue weighted by molar-refractivity contribution is -0.127. The second-order valence-electron chi connectivity index (χ2n) is 6.20. The SMILES string of the molecule is CCN1CCCCC1C(=O)NCCc1nc(-c2ccc(Cl)cc2)no1. The van der Waals surface area contributed by atoms with Crippen LogP contribution >= 0.6 is 11.6 Å². The van der Waals surface area contributed by atoms with Gasteiger partial charge in [-0.25, -0.2) is 0 Å². The van der Waals surface area contributed by atoms with Crippen molar-refractivity contribution in [3.63, 3.8) is 0 Å². The number of amides is 1. The first kappa shape index (κ1) is 17.9. The minimum absolute atomic E-state index is 0.00827. The van der Waals surface area contributed by atoms with E-state index in [1.54, 1.807) is 12.1 Å². The molecule has 25 heavy (non-hydrogen) atoms. The molecule has 3 rings (SSSR count). The zero-order chi connectivity index (χ0) is 17.6. The summed E-state index contributed by atoms with van der Waals surface area (Å²) in [5, 5.41) is 7.64. The molecule has 0 aliphatic carbocycles. The maximum Gasteiger partial charge on any atom is 0.237 e. The summed E-state index contributed by atoms with van der Waals surface area (Å²) in [7, 11) is 0. The van der Waals surface area contributed by atoms with Crippen molar-refractivity contribution in [2.45, 2.75) is 38.6 Å². The van der Waals surface area contributed by atoms with Crippen molar-refractivity contribution >= 4 is 17.5 Å². The molecular formula is C18H23ClN4O2. The van der Waals surface area contributed by atoms with Crippen LogP contribution in [-0.2, 0) is 11.2 Å². The third kappa shape index (κ3) is 4.58. The Hall–Kier alpha value is -1.92. The van der Waals surface area contributed by atoms with E-state index in [9.17, 15) is 4.79 Å². The van der Waals surface area contributed by atoms with E-state index >= 15 is 0 Å². The van der Waals surface area contributed by atoms with Crippen molar-refractivity contribution in [1.29, 1.82) is 0 Å². The molecule has 134 valence electrons. The molecule has 1 aromatic carbocycles. The number of rotatable bonds is 6. The number of carbonyl (C=O) groups is 1. The fourth-order valence-electron chi connectivity index (χ4n) is 3.15. The number of benzene rings is 1. The summed E-state index contributed by atoms with van der Waals surface area (Å²) in [6.45, 7) is 4.51. The van der Waals surface area contributed by atoms with E-state index in [4.69, 9.17) is 16.1 Å². The maximum absolute atomic E-state index is 12.4. The lowest BCUT2D eigenvalue weighted by Gasteiger charge is -2.33. The van der Waals surface area contributed by atoms with Crippen molar-refractivity contribution in [1.82, 2.24) is 20.4 Å². The van der Waals surface area contributed by atoms with Crippen molar-refractivity contribution in [2.75, 3.05) is 19.6 Å². The first-order valence-corrected chi connectivity index (χ1v) is 9.15. The third-order valence-electron chi connectivity index (χ3n) is 4.53. The molecule has 0 bridgehead atoms. The minimum Gasteiger partial charge on any atom is -0.354 e. The van der Waals surface area contributed by atoms with Crippen LogP contribution in [0.25, 0.3) is 11.4 Å². The number of piperidine rings is 1. The molecule has 1 aromatic heterocycles. The molecule has 7 heteroatoms. The molecular weight excluding hydrogens is 340 g/mol. The Morgan fingerprint density at radius 3 is 2.92 bits per heavy atom. The molecule has 1 aliphatic heterocycles. The maximum atomic E-state index is 12.4. The van der Waals surface area contributed by atoms with Gasteiger partial charge in [-0.15, -0.1) is 0 Å². The highest BCUT2D eigenvalue weighted by atomic mass is 35.5. The Morgan fingerprint density at radius 2 is 2.16 bits per heavy atom. The summed E-state index contributed by atoms with van der Waals surface area (Å²) >= 11 is 5.88. The number of carbonyl (C=O) groups excluding carboxylic acids is 1. The largest absolute Gasteiger partial charge is 0.354 e. The Bertz CT molecular complexity index is 701. The highest BCUT2D eigenvalue weighted by molar-refractivity contribution is 6.30. The highest BCUT2D eigenvalue weighted by Gasteiger charge is 2.27. The second-order valence-corrected chi connectivity index (χ2v) is 6.64. The van der Waals surface area contributed by atoms with Crippen LogP contribution in [0.5, 0.6) is 0 Å². The van der Waals surface area contributed by atoms with E-state index < -0.39 is 0 Å². The van der Waals surface area contributed by atoms with Gasteiger partial charge in [0.05, 0.1) is 6.04 Å². The molecule has 1 aliphatic rings. The number of likely N-dealkylation sites (tertiary alicyclic amines) is 1. The van der Waals surface area contributed by atoms with Crippen molar-refractivity contribution < 1.29 is 9.32 Å². The topological polar surface area (TPSA) is 71.3 Å². The standard InChI is InChI=1S/C18H23ClN4O2/c1-2-23-12-4-3-5-15(23)18(24)20-11-10-16-21-17(22-25-16)13-6-8-14(19)9-7-13/h6-9,15H,2-5,10-12H2,1H3,(H,20,24). The highest BCUT2D eigenvalue weighted by Crippen LogP contribution is 2.19. The quantitative estimate of drug-likeness (QED) is 0.855. The fourth-order valence-corrected chi connectivity index (χ4v) is 3.28. The van der Waals surface area contributed by atoms with Crippen LogP contribution in [0.3, 0.4) is 0 Å². The fraction of sp³-hybridized carbons (Fsp3) is 0.500. The molecule has 1 amide bonds. The number of halogens is 1. The van der Waals surface area contributed by atoms with Gasteiger partial charge in [0.2, 0.25) is 17.6 Å². The predicted molar refractivity (Wildman–Crippen MR) is 96.3 cm³/mol. The summed E-state index contributed by atoms with van der Waals surface area (Å²) in [5.41, 5.74) is 0.851. The number of aromatic nitrogens is 2. The molecule has 0 radical (unpaired) electrons. The van der Waals surface area contributed by atoms with Gasteiger partial charge >= 0.3 is 0 Å². The van der Waals surface area contributed by atoms with Crippen LogP contribution in [-0.4, -0.2) is 46.6 Å². The molecule has 0 saturated carbocycles. The van der Waals surface area contributed by atoms with Gasteiger partial charge in [0.1, 0.15) is 0 Å². The van der Waals surface area contributed by atoms with Gasteiger partial charge in [0, 0.05) is 23.6 Å². The van der Waals surface area contributed by atoms with E-state index in [1.165, 1.54) is 6.42 Å². The zero-order valence-corrected chi connectivity index (χ0v) is 15.1. The van der Waals surface area contributed by atoms with Gasteiger partial charge in [-0.1, -0.05) is 30.1 Å². The van der Waals surface area contributed by atoms with Crippen LogP contribution in [0.15, 0.2) is 28.8 Å². The third-order valence-corrected chi connectivity index (χ3v) is 4.78. The van der Waals surface area contributed by atoms with Crippen molar-refractivity contribution in [3.8, 4) is 11.4 Å². The van der Waals surface area contributed by atoms with Crippen LogP contribution in [0, 0.1) is 0 Å². The molecule has 1 unspecified atom stereocenters. The number of likely N-dealkylation sites (N-methyl/N-ethyl adjacent to an activating group) is 1. The van der Waals surface area contributed by atoms with Crippen LogP contribution in [0.4, 0.5) is 0 Å². The zero-order valence-electron chi connectivity index (χ0n) is 14.4. The molecule has 0 spiro atoms. The van der Waals surface area contributed by atoms with Crippen molar-refractivity contribution in [2.24, 2.45) is 0 Å². The van der Waals surface area contributed by atoms with Gasteiger partial charge in [0.25, 0.3) is 0 Å². The summed E-state index contributed by atoms with van der Waals surface area (Å²) in [6.07, 6.45) is 3.74. The molecule has 2 aromatic rings. The average Bonchev–Trinajstić information content (AvgIpc) is 3.11. The van der Waals surface area contributed by atoms with Gasteiger partial charge < -0.3 is 9.84 Å². The lowest BCUT2D eigenvalue weighted by Crippen LogP contribution is -2.49. The van der Waals surface area contributed by atoms with Gasteiger partial charge in [0.15, 0.2) is 0 Å². The monoisotopic (exact) mass is 362 g/mol. The Kier molecular flexibility index (Phi) is 6.04. The van der Waals surface area contributed by atoms with E-state index in [0.717, 1.165) is 31.5 Å². The Balaban J connectivity index is 1.50. The second kappa shape index (κ2) is 8.45. The normalized spacial score (nSPS) is 18.2. The van der Waals surface area contributed by atoms with Gasteiger partial charge in [-0.2, -0.15) is 4.98 Å². The average molecular weight is 363 g/mol. The smallest absolute Gasteiger partial charge is 0.237 e. The van der Waals surface area contributed by atoms with Gasteiger partial charge in [-0.05, 0) is 50.2 Å².